The maximum atomic E-state index is 9.01. The van der Waals surface area contributed by atoms with Crippen LogP contribution in [0.2, 0.25) is 5.02 Å². The molecule has 106 valence electrons. The molecule has 0 spiro atoms. The van der Waals surface area contributed by atoms with Gasteiger partial charge in [0.25, 0.3) is 0 Å². The monoisotopic (exact) mass is 299 g/mol. The van der Waals surface area contributed by atoms with Crippen LogP contribution in [0.1, 0.15) is 37.8 Å². The lowest BCUT2D eigenvalue weighted by Crippen LogP contribution is -2.26. The maximum absolute atomic E-state index is 9.01. The summed E-state index contributed by atoms with van der Waals surface area (Å²) in [4.78, 5) is 1.36. The summed E-state index contributed by atoms with van der Waals surface area (Å²) < 4.78 is 0. The number of thioether (sulfide) groups is 1. The Balaban J connectivity index is 1.87. The predicted octanol–water partition coefficient (Wildman–Crippen LogP) is 3.88. The molecule has 0 saturated heterocycles. The molecule has 0 saturated carbocycles. The number of hydrogen-bond acceptors (Lipinski definition) is 3. The zero-order chi connectivity index (χ0) is 13.7. The lowest BCUT2D eigenvalue weighted by Gasteiger charge is -2.26. The van der Waals surface area contributed by atoms with E-state index < -0.39 is 0 Å². The first-order chi connectivity index (χ1) is 9.20. The third-order valence-corrected chi connectivity index (χ3v) is 4.95. The number of fused-ring (bicyclic) bond motifs is 1. The SMILES string of the molecule is CC(CO)CCCNC1CCSc2ccc(Cl)cc21. The standard InChI is InChI=1S/C15H22ClNOS/c1-11(10-18)3-2-7-17-14-6-8-19-15-5-4-12(16)9-13(14)15/h4-5,9,11,14,17-18H,2-3,6-8,10H2,1H3. The molecule has 2 atom stereocenters. The van der Waals surface area contributed by atoms with Crippen molar-refractivity contribution in [1.29, 1.82) is 0 Å². The van der Waals surface area contributed by atoms with E-state index in [1.165, 1.54) is 16.2 Å². The Bertz CT molecular complexity index is 413. The largest absolute Gasteiger partial charge is 0.396 e. The highest BCUT2D eigenvalue weighted by atomic mass is 35.5. The van der Waals surface area contributed by atoms with Crippen LogP contribution in [0.3, 0.4) is 0 Å². The van der Waals surface area contributed by atoms with Crippen LogP contribution in [-0.2, 0) is 0 Å². The molecule has 19 heavy (non-hydrogen) atoms. The minimum Gasteiger partial charge on any atom is -0.396 e. The molecule has 1 aliphatic rings. The van der Waals surface area contributed by atoms with Gasteiger partial charge in [-0.2, -0.15) is 0 Å². The zero-order valence-corrected chi connectivity index (χ0v) is 12.9. The topological polar surface area (TPSA) is 32.3 Å². The van der Waals surface area contributed by atoms with Gasteiger partial charge in [0.1, 0.15) is 0 Å². The van der Waals surface area contributed by atoms with Crippen LogP contribution >= 0.6 is 23.4 Å². The molecular weight excluding hydrogens is 278 g/mol. The molecule has 2 unspecified atom stereocenters. The van der Waals surface area contributed by atoms with E-state index in [0.717, 1.165) is 30.8 Å². The molecule has 1 aliphatic heterocycles. The molecular formula is C15H22ClNOS. The molecule has 1 heterocycles. The van der Waals surface area contributed by atoms with Crippen LogP contribution < -0.4 is 5.32 Å². The Kier molecular flexibility index (Phi) is 6.02. The van der Waals surface area contributed by atoms with E-state index in [4.69, 9.17) is 16.7 Å². The number of benzene rings is 1. The van der Waals surface area contributed by atoms with Crippen molar-refractivity contribution in [2.45, 2.75) is 37.1 Å². The summed E-state index contributed by atoms with van der Waals surface area (Å²) >= 11 is 8.02. The number of hydrogen-bond donors (Lipinski definition) is 2. The number of halogens is 1. The van der Waals surface area contributed by atoms with Gasteiger partial charge in [0.15, 0.2) is 0 Å². The Morgan fingerprint density at radius 2 is 2.37 bits per heavy atom. The minimum absolute atomic E-state index is 0.290. The summed E-state index contributed by atoms with van der Waals surface area (Å²) in [5, 5.41) is 13.5. The molecule has 0 radical (unpaired) electrons. The Hall–Kier alpha value is -0.220. The quantitative estimate of drug-likeness (QED) is 0.782. The van der Waals surface area contributed by atoms with Crippen LogP contribution in [0.25, 0.3) is 0 Å². The molecule has 0 aromatic heterocycles. The van der Waals surface area contributed by atoms with Crippen LogP contribution in [0.5, 0.6) is 0 Å². The lowest BCUT2D eigenvalue weighted by atomic mass is 10.0. The summed E-state index contributed by atoms with van der Waals surface area (Å²) in [6, 6.07) is 6.62. The van der Waals surface area contributed by atoms with Gasteiger partial charge in [0.05, 0.1) is 0 Å². The average molecular weight is 300 g/mol. The fourth-order valence-electron chi connectivity index (χ4n) is 2.40. The third kappa shape index (κ3) is 4.38. The van der Waals surface area contributed by atoms with E-state index in [1.807, 2.05) is 17.8 Å². The molecule has 0 fully saturated rings. The van der Waals surface area contributed by atoms with Gasteiger partial charge in [-0.05, 0) is 61.2 Å². The highest BCUT2D eigenvalue weighted by Crippen LogP contribution is 2.37. The van der Waals surface area contributed by atoms with E-state index in [2.05, 4.69) is 24.4 Å². The van der Waals surface area contributed by atoms with Crippen molar-refractivity contribution in [3.8, 4) is 0 Å². The number of nitrogens with one attached hydrogen (secondary N) is 1. The molecule has 4 heteroatoms. The molecule has 0 amide bonds. The second-order valence-electron chi connectivity index (χ2n) is 5.26. The van der Waals surface area contributed by atoms with E-state index >= 15 is 0 Å². The van der Waals surface area contributed by atoms with Gasteiger partial charge >= 0.3 is 0 Å². The van der Waals surface area contributed by atoms with E-state index in [-0.39, 0.29) is 0 Å². The van der Waals surface area contributed by atoms with Crippen molar-refractivity contribution in [2.24, 2.45) is 5.92 Å². The predicted molar refractivity (Wildman–Crippen MR) is 83.0 cm³/mol. The normalized spacial score (nSPS) is 20.1. The first-order valence-corrected chi connectivity index (χ1v) is 8.33. The first kappa shape index (κ1) is 15.2. The van der Waals surface area contributed by atoms with Crippen LogP contribution in [-0.4, -0.2) is 24.0 Å². The van der Waals surface area contributed by atoms with Gasteiger partial charge < -0.3 is 10.4 Å². The molecule has 2 nitrogen and oxygen atoms in total. The van der Waals surface area contributed by atoms with Gasteiger partial charge in [-0.1, -0.05) is 18.5 Å². The molecule has 0 aliphatic carbocycles. The van der Waals surface area contributed by atoms with Crippen molar-refractivity contribution in [3.63, 3.8) is 0 Å². The molecule has 1 aromatic carbocycles. The second kappa shape index (κ2) is 7.53. The smallest absolute Gasteiger partial charge is 0.0456 e. The van der Waals surface area contributed by atoms with Crippen molar-refractivity contribution < 1.29 is 5.11 Å². The molecule has 1 aromatic rings. The number of aliphatic hydroxyl groups is 1. The summed E-state index contributed by atoms with van der Waals surface area (Å²) in [7, 11) is 0. The third-order valence-electron chi connectivity index (χ3n) is 3.59. The van der Waals surface area contributed by atoms with E-state index in [0.29, 0.717) is 18.6 Å². The summed E-state index contributed by atoms with van der Waals surface area (Å²) in [5.41, 5.74) is 1.35. The number of aliphatic hydroxyl groups excluding tert-OH is 1. The van der Waals surface area contributed by atoms with Crippen molar-refractivity contribution in [3.05, 3.63) is 28.8 Å². The summed E-state index contributed by atoms with van der Waals surface area (Å²) in [6.07, 6.45) is 3.35. The zero-order valence-electron chi connectivity index (χ0n) is 11.4. The lowest BCUT2D eigenvalue weighted by molar-refractivity contribution is 0.227. The van der Waals surface area contributed by atoms with Gasteiger partial charge in [-0.3, -0.25) is 0 Å². The van der Waals surface area contributed by atoms with Crippen molar-refractivity contribution in [1.82, 2.24) is 5.32 Å². The average Bonchev–Trinajstić information content (AvgIpc) is 2.43. The molecule has 2 N–H and O–H groups in total. The molecule has 2 rings (SSSR count). The highest BCUT2D eigenvalue weighted by molar-refractivity contribution is 7.99. The molecule has 0 bridgehead atoms. The minimum atomic E-state index is 0.290. The van der Waals surface area contributed by atoms with Gasteiger partial charge in [-0.25, -0.2) is 0 Å². The first-order valence-electron chi connectivity index (χ1n) is 6.97. The Morgan fingerprint density at radius 3 is 3.16 bits per heavy atom. The Morgan fingerprint density at radius 1 is 1.53 bits per heavy atom. The van der Waals surface area contributed by atoms with E-state index in [1.54, 1.807) is 0 Å². The fourth-order valence-corrected chi connectivity index (χ4v) is 3.68. The van der Waals surface area contributed by atoms with Crippen molar-refractivity contribution >= 4 is 23.4 Å². The Labute approximate surface area is 124 Å². The summed E-state index contributed by atoms with van der Waals surface area (Å²) in [6.45, 7) is 3.39. The maximum Gasteiger partial charge on any atom is 0.0456 e. The van der Waals surface area contributed by atoms with Crippen LogP contribution in [0.15, 0.2) is 23.1 Å². The fraction of sp³-hybridized carbons (Fsp3) is 0.600. The number of rotatable bonds is 6. The van der Waals surface area contributed by atoms with Crippen LogP contribution in [0, 0.1) is 5.92 Å². The summed E-state index contributed by atoms with van der Waals surface area (Å²) in [5.74, 6) is 1.57. The van der Waals surface area contributed by atoms with Crippen molar-refractivity contribution in [2.75, 3.05) is 18.9 Å². The van der Waals surface area contributed by atoms with Gasteiger partial charge in [-0.15, -0.1) is 11.8 Å². The van der Waals surface area contributed by atoms with Crippen LogP contribution in [0.4, 0.5) is 0 Å². The van der Waals surface area contributed by atoms with Gasteiger partial charge in [0.2, 0.25) is 0 Å². The highest BCUT2D eigenvalue weighted by Gasteiger charge is 2.20. The second-order valence-corrected chi connectivity index (χ2v) is 6.83. The van der Waals surface area contributed by atoms with Gasteiger partial charge in [0, 0.05) is 22.6 Å². The van der Waals surface area contributed by atoms with E-state index in [9.17, 15) is 0 Å².